The van der Waals surface area contributed by atoms with Gasteiger partial charge >= 0.3 is 0 Å². The lowest BCUT2D eigenvalue weighted by Crippen LogP contribution is -2.16. The molecule has 0 saturated heterocycles. The van der Waals surface area contributed by atoms with Gasteiger partial charge in [0.1, 0.15) is 5.82 Å². The summed E-state index contributed by atoms with van der Waals surface area (Å²) in [5, 5.41) is 0. The van der Waals surface area contributed by atoms with Crippen LogP contribution < -0.4 is 10.6 Å². The van der Waals surface area contributed by atoms with Crippen LogP contribution in [0.1, 0.15) is 11.1 Å². The summed E-state index contributed by atoms with van der Waals surface area (Å²) in [6.07, 6.45) is 0. The molecule has 0 bridgehead atoms. The van der Waals surface area contributed by atoms with Crippen molar-refractivity contribution in [2.75, 3.05) is 10.6 Å². The molecule has 0 aromatic heterocycles. The lowest BCUT2D eigenvalue weighted by atomic mass is 10.1. The van der Waals surface area contributed by atoms with E-state index in [4.69, 9.17) is 5.73 Å². The molecule has 3 heteroatoms. The molecule has 2 nitrogen and oxygen atoms in total. The van der Waals surface area contributed by atoms with Gasteiger partial charge in [0.2, 0.25) is 0 Å². The fraction of sp³-hybridized carbons (Fsp3) is 0.143. The molecule has 1 aliphatic heterocycles. The van der Waals surface area contributed by atoms with Crippen molar-refractivity contribution >= 4 is 11.4 Å². The van der Waals surface area contributed by atoms with E-state index in [0.717, 1.165) is 18.8 Å². The highest BCUT2D eigenvalue weighted by molar-refractivity contribution is 5.68. The predicted octanol–water partition coefficient (Wildman–Crippen LogP) is 2.93. The molecule has 0 spiro atoms. The van der Waals surface area contributed by atoms with Crippen LogP contribution in [0.5, 0.6) is 0 Å². The largest absolute Gasteiger partial charge is 0.397 e. The first kappa shape index (κ1) is 10.1. The van der Waals surface area contributed by atoms with Crippen LogP contribution in [0.4, 0.5) is 15.8 Å². The summed E-state index contributed by atoms with van der Waals surface area (Å²) in [7, 11) is 0. The van der Waals surface area contributed by atoms with Crippen LogP contribution in [0.15, 0.2) is 42.5 Å². The Morgan fingerprint density at radius 3 is 2.29 bits per heavy atom. The summed E-state index contributed by atoms with van der Waals surface area (Å²) in [6, 6.07) is 12.8. The van der Waals surface area contributed by atoms with Gasteiger partial charge in [0.05, 0.1) is 11.4 Å². The average Bonchev–Trinajstić information content (AvgIpc) is 2.75. The highest BCUT2D eigenvalue weighted by Crippen LogP contribution is 2.32. The molecule has 1 heterocycles. The SMILES string of the molecule is Nc1ccc(F)cc1N1Cc2ccccc2C1. The minimum Gasteiger partial charge on any atom is -0.397 e. The fourth-order valence-corrected chi connectivity index (χ4v) is 2.29. The highest BCUT2D eigenvalue weighted by Gasteiger charge is 2.20. The fourth-order valence-electron chi connectivity index (χ4n) is 2.29. The van der Waals surface area contributed by atoms with Crippen molar-refractivity contribution < 1.29 is 4.39 Å². The van der Waals surface area contributed by atoms with E-state index in [1.54, 1.807) is 6.07 Å². The Hall–Kier alpha value is -2.03. The van der Waals surface area contributed by atoms with E-state index >= 15 is 0 Å². The topological polar surface area (TPSA) is 29.3 Å². The summed E-state index contributed by atoms with van der Waals surface area (Å²) in [5.74, 6) is -0.245. The minimum atomic E-state index is -0.245. The maximum atomic E-state index is 13.2. The number of nitrogen functional groups attached to an aromatic ring is 1. The van der Waals surface area contributed by atoms with Crippen molar-refractivity contribution in [2.45, 2.75) is 13.1 Å². The third-order valence-electron chi connectivity index (χ3n) is 3.17. The molecule has 17 heavy (non-hydrogen) atoms. The summed E-state index contributed by atoms with van der Waals surface area (Å²) in [5.41, 5.74) is 9.88. The lowest BCUT2D eigenvalue weighted by Gasteiger charge is -2.19. The monoisotopic (exact) mass is 228 g/mol. The molecule has 2 aromatic rings. The van der Waals surface area contributed by atoms with E-state index in [1.165, 1.54) is 23.3 Å². The van der Waals surface area contributed by atoms with Crippen LogP contribution in [0.3, 0.4) is 0 Å². The molecule has 0 unspecified atom stereocenters. The highest BCUT2D eigenvalue weighted by atomic mass is 19.1. The number of rotatable bonds is 1. The first-order valence-electron chi connectivity index (χ1n) is 5.61. The van der Waals surface area contributed by atoms with Crippen LogP contribution in [0, 0.1) is 5.82 Å². The number of hydrogen-bond acceptors (Lipinski definition) is 2. The minimum absolute atomic E-state index is 0.245. The maximum absolute atomic E-state index is 13.2. The van der Waals surface area contributed by atoms with E-state index in [9.17, 15) is 4.39 Å². The molecule has 86 valence electrons. The Labute approximate surface area is 99.5 Å². The molecule has 0 radical (unpaired) electrons. The number of fused-ring (bicyclic) bond motifs is 1. The number of hydrogen-bond donors (Lipinski definition) is 1. The van der Waals surface area contributed by atoms with Gasteiger partial charge in [-0.05, 0) is 29.3 Å². The Bertz CT molecular complexity index is 541. The quantitative estimate of drug-likeness (QED) is 0.760. The first-order chi connectivity index (χ1) is 8.24. The van der Waals surface area contributed by atoms with E-state index in [2.05, 4.69) is 17.0 Å². The van der Waals surface area contributed by atoms with E-state index in [-0.39, 0.29) is 5.82 Å². The molecule has 0 saturated carbocycles. The van der Waals surface area contributed by atoms with Crippen LogP contribution in [-0.4, -0.2) is 0 Å². The second-order valence-electron chi connectivity index (χ2n) is 4.33. The molecule has 3 rings (SSSR count). The number of benzene rings is 2. The smallest absolute Gasteiger partial charge is 0.125 e. The zero-order valence-corrected chi connectivity index (χ0v) is 9.36. The summed E-state index contributed by atoms with van der Waals surface area (Å²) >= 11 is 0. The second-order valence-corrected chi connectivity index (χ2v) is 4.33. The molecule has 2 N–H and O–H groups in total. The molecule has 2 aromatic carbocycles. The summed E-state index contributed by atoms with van der Waals surface area (Å²) in [4.78, 5) is 2.10. The predicted molar refractivity (Wildman–Crippen MR) is 67.1 cm³/mol. The standard InChI is InChI=1S/C14H13FN2/c15-12-5-6-13(16)14(7-12)17-8-10-3-1-2-4-11(10)9-17/h1-7H,8-9,16H2. The van der Waals surface area contributed by atoms with Crippen LogP contribution in [0.2, 0.25) is 0 Å². The van der Waals surface area contributed by atoms with Gasteiger partial charge in [0, 0.05) is 13.1 Å². The van der Waals surface area contributed by atoms with Crippen molar-refractivity contribution in [1.29, 1.82) is 0 Å². The molecular formula is C14H13FN2. The summed E-state index contributed by atoms with van der Waals surface area (Å²) < 4.78 is 13.2. The van der Waals surface area contributed by atoms with Crippen LogP contribution in [-0.2, 0) is 13.1 Å². The van der Waals surface area contributed by atoms with Crippen molar-refractivity contribution in [3.05, 3.63) is 59.4 Å². The first-order valence-corrected chi connectivity index (χ1v) is 5.61. The number of nitrogens with zero attached hydrogens (tertiary/aromatic N) is 1. The molecule has 1 aliphatic rings. The van der Waals surface area contributed by atoms with Gasteiger partial charge in [-0.3, -0.25) is 0 Å². The Balaban J connectivity index is 1.96. The van der Waals surface area contributed by atoms with Gasteiger partial charge < -0.3 is 10.6 Å². The molecular weight excluding hydrogens is 215 g/mol. The maximum Gasteiger partial charge on any atom is 0.125 e. The van der Waals surface area contributed by atoms with Crippen molar-refractivity contribution in [1.82, 2.24) is 0 Å². The molecule has 0 amide bonds. The van der Waals surface area contributed by atoms with Crippen molar-refractivity contribution in [3.8, 4) is 0 Å². The third kappa shape index (κ3) is 1.73. The van der Waals surface area contributed by atoms with Gasteiger partial charge in [-0.15, -0.1) is 0 Å². The third-order valence-corrected chi connectivity index (χ3v) is 3.17. The average molecular weight is 228 g/mol. The zero-order valence-electron chi connectivity index (χ0n) is 9.36. The molecule has 0 fully saturated rings. The Morgan fingerprint density at radius 2 is 1.65 bits per heavy atom. The number of nitrogens with two attached hydrogens (primary N) is 1. The Kier molecular flexibility index (Phi) is 2.25. The van der Waals surface area contributed by atoms with Gasteiger partial charge in [-0.2, -0.15) is 0 Å². The van der Waals surface area contributed by atoms with Crippen molar-refractivity contribution in [2.24, 2.45) is 0 Å². The van der Waals surface area contributed by atoms with E-state index in [1.807, 2.05) is 12.1 Å². The molecule has 0 aliphatic carbocycles. The molecule has 0 atom stereocenters. The normalized spacial score (nSPS) is 13.8. The van der Waals surface area contributed by atoms with Gasteiger partial charge in [0.15, 0.2) is 0 Å². The number of anilines is 2. The second kappa shape index (κ2) is 3.77. The van der Waals surface area contributed by atoms with Gasteiger partial charge in [0.25, 0.3) is 0 Å². The van der Waals surface area contributed by atoms with E-state index in [0.29, 0.717) is 5.69 Å². The van der Waals surface area contributed by atoms with Gasteiger partial charge in [-0.25, -0.2) is 4.39 Å². The van der Waals surface area contributed by atoms with Crippen LogP contribution >= 0.6 is 0 Å². The zero-order chi connectivity index (χ0) is 11.8. The lowest BCUT2D eigenvalue weighted by molar-refractivity contribution is 0.627. The van der Waals surface area contributed by atoms with Crippen LogP contribution in [0.25, 0.3) is 0 Å². The van der Waals surface area contributed by atoms with Crippen molar-refractivity contribution in [3.63, 3.8) is 0 Å². The summed E-state index contributed by atoms with van der Waals surface area (Å²) in [6.45, 7) is 1.59. The Morgan fingerprint density at radius 1 is 1.00 bits per heavy atom. The number of halogens is 1. The van der Waals surface area contributed by atoms with Gasteiger partial charge in [-0.1, -0.05) is 24.3 Å². The van der Waals surface area contributed by atoms with E-state index < -0.39 is 0 Å².